The van der Waals surface area contributed by atoms with E-state index in [1.165, 1.54) is 6.42 Å². The van der Waals surface area contributed by atoms with Crippen LogP contribution in [0, 0.1) is 0 Å². The van der Waals surface area contributed by atoms with E-state index in [1.54, 1.807) is 28.9 Å². The molecule has 0 aliphatic carbocycles. The van der Waals surface area contributed by atoms with E-state index in [4.69, 9.17) is 20.6 Å². The molecule has 0 amide bonds. The number of rotatable bonds is 9. The summed E-state index contributed by atoms with van der Waals surface area (Å²) in [5.41, 5.74) is 10.4. The molecule has 3 aromatic heterocycles. The molecule has 0 aliphatic heterocycles. The summed E-state index contributed by atoms with van der Waals surface area (Å²) in [6, 6.07) is 9.95. The standard InChI is InChI=1S/C22H23N3O2S3/c1-2-3-11-29-22-19(23)18-16(14-4-6-15(7-5-14)27-10-9-26)13-17(25-21(18)30-22)20-24-8-12-28-20/h4-8,12-13,26H,2-3,9-11,23H2,1H3. The Morgan fingerprint density at radius 3 is 2.77 bits per heavy atom. The van der Waals surface area contributed by atoms with Gasteiger partial charge in [-0.15, -0.1) is 34.4 Å². The summed E-state index contributed by atoms with van der Waals surface area (Å²) >= 11 is 5.05. The van der Waals surface area contributed by atoms with Gasteiger partial charge in [-0.3, -0.25) is 0 Å². The number of unbranched alkanes of at least 4 members (excludes halogenated alkanes) is 1. The Balaban J connectivity index is 1.81. The number of nitrogens with two attached hydrogens (primary N) is 1. The zero-order valence-corrected chi connectivity index (χ0v) is 19.1. The van der Waals surface area contributed by atoms with Crippen LogP contribution in [0.25, 0.3) is 32.0 Å². The van der Waals surface area contributed by atoms with E-state index >= 15 is 0 Å². The molecule has 5 nitrogen and oxygen atoms in total. The number of fused-ring (bicyclic) bond motifs is 1. The van der Waals surface area contributed by atoms with Gasteiger partial charge in [0.25, 0.3) is 0 Å². The van der Waals surface area contributed by atoms with Crippen molar-refractivity contribution >= 4 is 50.3 Å². The predicted octanol–water partition coefficient (Wildman–Crippen LogP) is 5.93. The van der Waals surface area contributed by atoms with E-state index < -0.39 is 0 Å². The fraction of sp³-hybridized carbons (Fsp3) is 0.273. The number of aromatic nitrogens is 2. The zero-order chi connectivity index (χ0) is 20.9. The van der Waals surface area contributed by atoms with Crippen LogP contribution >= 0.6 is 34.4 Å². The van der Waals surface area contributed by atoms with Crippen LogP contribution in [0.2, 0.25) is 0 Å². The maximum atomic E-state index is 8.96. The second-order valence-corrected chi connectivity index (χ2v) is 9.93. The quantitative estimate of drug-likeness (QED) is 0.239. The zero-order valence-electron chi connectivity index (χ0n) is 16.6. The Bertz CT molecular complexity index is 1110. The highest BCUT2D eigenvalue weighted by atomic mass is 32.2. The number of hydrogen-bond donors (Lipinski definition) is 2. The summed E-state index contributed by atoms with van der Waals surface area (Å²) < 4.78 is 6.63. The SMILES string of the molecule is CCCCSc1sc2nc(-c3nccs3)cc(-c3ccc(OCCO)cc3)c2c1N. The molecule has 0 saturated carbocycles. The molecule has 4 rings (SSSR count). The lowest BCUT2D eigenvalue weighted by Crippen LogP contribution is -2.01. The predicted molar refractivity (Wildman–Crippen MR) is 129 cm³/mol. The molecule has 1 aromatic carbocycles. The first-order valence-electron chi connectivity index (χ1n) is 9.81. The first-order chi connectivity index (χ1) is 14.7. The Morgan fingerprint density at radius 1 is 1.23 bits per heavy atom. The molecule has 0 atom stereocenters. The number of hydrogen-bond acceptors (Lipinski definition) is 8. The summed E-state index contributed by atoms with van der Waals surface area (Å²) in [5.74, 6) is 1.78. The molecule has 0 saturated heterocycles. The van der Waals surface area contributed by atoms with Crippen LogP contribution in [-0.2, 0) is 0 Å². The van der Waals surface area contributed by atoms with Gasteiger partial charge >= 0.3 is 0 Å². The third-order valence-electron chi connectivity index (χ3n) is 4.57. The van der Waals surface area contributed by atoms with Crippen molar-refractivity contribution in [1.29, 1.82) is 0 Å². The second-order valence-electron chi connectivity index (χ2n) is 6.67. The topological polar surface area (TPSA) is 81.3 Å². The van der Waals surface area contributed by atoms with Crippen molar-refractivity contribution in [2.24, 2.45) is 0 Å². The van der Waals surface area contributed by atoms with Gasteiger partial charge in [0.15, 0.2) is 0 Å². The van der Waals surface area contributed by atoms with Crippen LogP contribution in [0.15, 0.2) is 46.1 Å². The number of anilines is 1. The molecule has 0 radical (unpaired) electrons. The molecule has 8 heteroatoms. The minimum Gasteiger partial charge on any atom is -0.491 e. The summed E-state index contributed by atoms with van der Waals surface area (Å²) in [6.07, 6.45) is 4.13. The van der Waals surface area contributed by atoms with Gasteiger partial charge in [0.05, 0.1) is 16.5 Å². The Kier molecular flexibility index (Phi) is 6.89. The number of thioether (sulfide) groups is 1. The Labute approximate surface area is 188 Å². The molecule has 0 fully saturated rings. The first-order valence-corrected chi connectivity index (χ1v) is 12.5. The number of thiophene rings is 1. The molecular formula is C22H23N3O2S3. The third kappa shape index (κ3) is 4.46. The van der Waals surface area contributed by atoms with Crippen molar-refractivity contribution in [3.05, 3.63) is 41.9 Å². The molecule has 3 N–H and O–H groups in total. The van der Waals surface area contributed by atoms with Crippen molar-refractivity contribution in [3.63, 3.8) is 0 Å². The van der Waals surface area contributed by atoms with Gasteiger partial charge < -0.3 is 15.6 Å². The van der Waals surface area contributed by atoms with Crippen molar-refractivity contribution in [1.82, 2.24) is 9.97 Å². The number of ether oxygens (including phenoxy) is 1. The van der Waals surface area contributed by atoms with Gasteiger partial charge in [-0.25, -0.2) is 9.97 Å². The molecule has 156 valence electrons. The van der Waals surface area contributed by atoms with Gasteiger partial charge in [-0.1, -0.05) is 25.5 Å². The van der Waals surface area contributed by atoms with E-state index in [9.17, 15) is 0 Å². The van der Waals surface area contributed by atoms with Gasteiger partial charge in [0.2, 0.25) is 0 Å². The van der Waals surface area contributed by atoms with Crippen LogP contribution in [0.3, 0.4) is 0 Å². The molecule has 0 unspecified atom stereocenters. The second kappa shape index (κ2) is 9.78. The van der Waals surface area contributed by atoms with Gasteiger partial charge in [-0.2, -0.15) is 0 Å². The molecule has 4 aromatic rings. The van der Waals surface area contributed by atoms with Crippen LogP contribution < -0.4 is 10.5 Å². The summed E-state index contributed by atoms with van der Waals surface area (Å²) in [6.45, 7) is 2.47. The monoisotopic (exact) mass is 457 g/mol. The number of aliphatic hydroxyl groups excluding tert-OH is 1. The Hall–Kier alpha value is -2.13. The summed E-state index contributed by atoms with van der Waals surface area (Å²) in [4.78, 5) is 10.3. The average molecular weight is 458 g/mol. The lowest BCUT2D eigenvalue weighted by atomic mass is 10.0. The summed E-state index contributed by atoms with van der Waals surface area (Å²) in [5, 5.41) is 12.8. The number of benzene rings is 1. The third-order valence-corrected chi connectivity index (χ3v) is 7.84. The van der Waals surface area contributed by atoms with Crippen LogP contribution in [0.1, 0.15) is 19.8 Å². The smallest absolute Gasteiger partial charge is 0.141 e. The van der Waals surface area contributed by atoms with E-state index in [0.717, 1.165) is 59.9 Å². The maximum Gasteiger partial charge on any atom is 0.141 e. The molecule has 0 spiro atoms. The van der Waals surface area contributed by atoms with E-state index in [1.807, 2.05) is 41.4 Å². The molecule has 0 aliphatic rings. The number of aliphatic hydroxyl groups is 1. The van der Waals surface area contributed by atoms with E-state index in [0.29, 0.717) is 0 Å². The molecule has 30 heavy (non-hydrogen) atoms. The van der Waals surface area contributed by atoms with Gasteiger partial charge in [0.1, 0.15) is 27.9 Å². The normalized spacial score (nSPS) is 11.3. The van der Waals surface area contributed by atoms with Gasteiger partial charge in [0, 0.05) is 17.0 Å². The highest BCUT2D eigenvalue weighted by Gasteiger charge is 2.18. The number of nitrogen functional groups attached to an aromatic ring is 1. The lowest BCUT2D eigenvalue weighted by molar-refractivity contribution is 0.201. The van der Waals surface area contributed by atoms with Crippen molar-refractivity contribution in [3.8, 4) is 27.6 Å². The van der Waals surface area contributed by atoms with Crippen molar-refractivity contribution in [2.75, 3.05) is 24.7 Å². The largest absolute Gasteiger partial charge is 0.491 e. The van der Waals surface area contributed by atoms with Crippen LogP contribution in [-0.4, -0.2) is 34.0 Å². The molecule has 0 bridgehead atoms. The first kappa shape index (κ1) is 21.1. The maximum absolute atomic E-state index is 8.96. The van der Waals surface area contributed by atoms with E-state index in [2.05, 4.69) is 18.0 Å². The highest BCUT2D eigenvalue weighted by molar-refractivity contribution is 8.01. The van der Waals surface area contributed by atoms with Gasteiger partial charge in [-0.05, 0) is 41.5 Å². The van der Waals surface area contributed by atoms with E-state index in [-0.39, 0.29) is 13.2 Å². The van der Waals surface area contributed by atoms with Crippen LogP contribution in [0.5, 0.6) is 5.75 Å². The fourth-order valence-corrected chi connectivity index (χ4v) is 6.15. The van der Waals surface area contributed by atoms with Crippen LogP contribution in [0.4, 0.5) is 5.69 Å². The molecule has 3 heterocycles. The number of thiazole rings is 1. The van der Waals surface area contributed by atoms with Crippen molar-refractivity contribution in [2.45, 2.75) is 24.0 Å². The summed E-state index contributed by atoms with van der Waals surface area (Å²) in [7, 11) is 0. The lowest BCUT2D eigenvalue weighted by Gasteiger charge is -2.09. The minimum absolute atomic E-state index is 0.00614. The number of pyridine rings is 1. The van der Waals surface area contributed by atoms with Crippen molar-refractivity contribution < 1.29 is 9.84 Å². The fourth-order valence-electron chi connectivity index (χ4n) is 3.10. The minimum atomic E-state index is -0.00614. The molecular weight excluding hydrogens is 434 g/mol. The average Bonchev–Trinajstić information content (AvgIpc) is 3.41. The number of nitrogens with zero attached hydrogens (tertiary/aromatic N) is 2. The Morgan fingerprint density at radius 2 is 2.07 bits per heavy atom. The highest BCUT2D eigenvalue weighted by Crippen LogP contribution is 2.45.